The first-order valence-corrected chi connectivity index (χ1v) is 8.46. The summed E-state index contributed by atoms with van der Waals surface area (Å²) < 4.78 is 0. The van der Waals surface area contributed by atoms with Gasteiger partial charge in [0.25, 0.3) is 0 Å². The van der Waals surface area contributed by atoms with Crippen molar-refractivity contribution in [1.29, 1.82) is 0 Å². The van der Waals surface area contributed by atoms with Gasteiger partial charge in [-0.3, -0.25) is 0 Å². The molecule has 0 spiro atoms. The Kier molecular flexibility index (Phi) is 5.83. The second-order valence-electron chi connectivity index (χ2n) is 6.28. The summed E-state index contributed by atoms with van der Waals surface area (Å²) in [4.78, 5) is 11.5. The number of anilines is 2. The molecule has 4 nitrogen and oxygen atoms in total. The minimum Gasteiger partial charge on any atom is -0.370 e. The number of rotatable bonds is 6. The van der Waals surface area contributed by atoms with Crippen molar-refractivity contribution in [3.8, 4) is 0 Å². The van der Waals surface area contributed by atoms with Gasteiger partial charge < -0.3 is 10.2 Å². The van der Waals surface area contributed by atoms with Gasteiger partial charge in [-0.1, -0.05) is 20.3 Å². The van der Waals surface area contributed by atoms with Crippen LogP contribution in [0.3, 0.4) is 0 Å². The first kappa shape index (κ1) is 16.1. The molecule has 21 heavy (non-hydrogen) atoms. The molecule has 0 aliphatic heterocycles. The molecule has 0 bridgehead atoms. The van der Waals surface area contributed by atoms with E-state index in [1.165, 1.54) is 32.1 Å². The minimum absolute atomic E-state index is 0.626. The second-order valence-corrected chi connectivity index (χ2v) is 6.28. The van der Waals surface area contributed by atoms with Gasteiger partial charge >= 0.3 is 0 Å². The van der Waals surface area contributed by atoms with Gasteiger partial charge in [0, 0.05) is 25.7 Å². The molecular weight excluding hydrogens is 260 g/mol. The van der Waals surface area contributed by atoms with Crippen molar-refractivity contribution in [3.63, 3.8) is 0 Å². The third-order valence-electron chi connectivity index (χ3n) is 4.68. The van der Waals surface area contributed by atoms with Crippen LogP contribution in [0.5, 0.6) is 0 Å². The van der Waals surface area contributed by atoms with E-state index in [0.717, 1.165) is 36.3 Å². The van der Waals surface area contributed by atoms with Crippen LogP contribution in [-0.2, 0) is 0 Å². The second kappa shape index (κ2) is 7.62. The molecule has 1 saturated carbocycles. The predicted octanol–water partition coefficient (Wildman–Crippen LogP) is 4.01. The Hall–Kier alpha value is -1.32. The quantitative estimate of drug-likeness (QED) is 0.859. The van der Waals surface area contributed by atoms with Crippen molar-refractivity contribution >= 4 is 11.6 Å². The van der Waals surface area contributed by atoms with E-state index in [0.29, 0.717) is 6.04 Å². The Labute approximate surface area is 129 Å². The van der Waals surface area contributed by atoms with Crippen LogP contribution in [0.25, 0.3) is 0 Å². The molecule has 1 aliphatic carbocycles. The molecule has 1 aromatic rings. The smallest absolute Gasteiger partial charge is 0.134 e. The van der Waals surface area contributed by atoms with Crippen molar-refractivity contribution in [2.45, 2.75) is 65.3 Å². The Balaban J connectivity index is 2.04. The summed E-state index contributed by atoms with van der Waals surface area (Å²) in [5.74, 6) is 3.79. The van der Waals surface area contributed by atoms with Gasteiger partial charge in [-0.25, -0.2) is 9.97 Å². The first-order chi connectivity index (χ1) is 10.1. The molecule has 1 heterocycles. The standard InChI is InChI=1S/C17H30N4/c1-5-11-18-16-12-17(20-13(3)19-16)21(4)15-9-7-14(6-2)8-10-15/h12,14-15H,5-11H2,1-4H3,(H,18,19,20). The van der Waals surface area contributed by atoms with Gasteiger partial charge in [0.1, 0.15) is 17.5 Å². The lowest BCUT2D eigenvalue weighted by Crippen LogP contribution is -2.35. The van der Waals surface area contributed by atoms with Crippen LogP contribution < -0.4 is 10.2 Å². The van der Waals surface area contributed by atoms with E-state index in [-0.39, 0.29) is 0 Å². The fourth-order valence-corrected chi connectivity index (χ4v) is 3.20. The molecule has 1 aromatic heterocycles. The summed E-state index contributed by atoms with van der Waals surface area (Å²) in [6.07, 6.45) is 7.72. The maximum Gasteiger partial charge on any atom is 0.134 e. The van der Waals surface area contributed by atoms with E-state index in [1.807, 2.05) is 6.92 Å². The lowest BCUT2D eigenvalue weighted by atomic mass is 9.84. The van der Waals surface area contributed by atoms with Crippen molar-refractivity contribution < 1.29 is 0 Å². The summed E-state index contributed by atoms with van der Waals surface area (Å²) in [5.41, 5.74) is 0. The predicted molar refractivity (Wildman–Crippen MR) is 90.0 cm³/mol. The van der Waals surface area contributed by atoms with Gasteiger partial charge in [-0.05, 0) is 44.9 Å². The van der Waals surface area contributed by atoms with Crippen LogP contribution in [0.15, 0.2) is 6.07 Å². The zero-order valence-electron chi connectivity index (χ0n) is 14.0. The number of hydrogen-bond donors (Lipinski definition) is 1. The molecule has 0 saturated heterocycles. The van der Waals surface area contributed by atoms with Crippen LogP contribution in [-0.4, -0.2) is 29.6 Å². The molecule has 0 aromatic carbocycles. The van der Waals surface area contributed by atoms with E-state index in [9.17, 15) is 0 Å². The zero-order valence-corrected chi connectivity index (χ0v) is 14.0. The van der Waals surface area contributed by atoms with Gasteiger partial charge in [0.05, 0.1) is 0 Å². The monoisotopic (exact) mass is 290 g/mol. The summed E-state index contributed by atoms with van der Waals surface area (Å²) in [6.45, 7) is 7.41. The topological polar surface area (TPSA) is 41.0 Å². The van der Waals surface area contributed by atoms with Crippen molar-refractivity contribution in [2.75, 3.05) is 23.8 Å². The van der Waals surface area contributed by atoms with E-state index < -0.39 is 0 Å². The van der Waals surface area contributed by atoms with Crippen molar-refractivity contribution in [2.24, 2.45) is 5.92 Å². The van der Waals surface area contributed by atoms with Crippen LogP contribution in [0.1, 0.15) is 58.2 Å². The molecule has 1 N–H and O–H groups in total. The SMILES string of the molecule is CCCNc1cc(N(C)C2CCC(CC)CC2)nc(C)n1. The maximum atomic E-state index is 4.63. The third kappa shape index (κ3) is 4.32. The molecule has 0 amide bonds. The van der Waals surface area contributed by atoms with E-state index in [1.54, 1.807) is 0 Å². The van der Waals surface area contributed by atoms with Crippen molar-refractivity contribution in [1.82, 2.24) is 9.97 Å². The Morgan fingerprint density at radius 2 is 1.90 bits per heavy atom. The number of aryl methyl sites for hydroxylation is 1. The number of hydrogen-bond acceptors (Lipinski definition) is 4. The molecular formula is C17H30N4. The highest BCUT2D eigenvalue weighted by Crippen LogP contribution is 2.31. The Bertz CT molecular complexity index is 438. The molecule has 4 heteroatoms. The van der Waals surface area contributed by atoms with E-state index >= 15 is 0 Å². The normalized spacial score (nSPS) is 22.1. The Morgan fingerprint density at radius 3 is 2.52 bits per heavy atom. The average molecular weight is 290 g/mol. The lowest BCUT2D eigenvalue weighted by Gasteiger charge is -2.35. The summed E-state index contributed by atoms with van der Waals surface area (Å²) in [6, 6.07) is 2.72. The van der Waals surface area contributed by atoms with Gasteiger partial charge in [-0.2, -0.15) is 0 Å². The molecule has 0 atom stereocenters. The Morgan fingerprint density at radius 1 is 1.19 bits per heavy atom. The summed E-state index contributed by atoms with van der Waals surface area (Å²) in [7, 11) is 2.18. The summed E-state index contributed by atoms with van der Waals surface area (Å²) >= 11 is 0. The molecule has 0 radical (unpaired) electrons. The highest BCUT2D eigenvalue weighted by Gasteiger charge is 2.24. The number of nitrogens with one attached hydrogen (secondary N) is 1. The minimum atomic E-state index is 0.626. The van der Waals surface area contributed by atoms with Crippen molar-refractivity contribution in [3.05, 3.63) is 11.9 Å². The number of nitrogens with zero attached hydrogens (tertiary/aromatic N) is 3. The number of aromatic nitrogens is 2. The lowest BCUT2D eigenvalue weighted by molar-refractivity contribution is 0.313. The molecule has 1 fully saturated rings. The van der Waals surface area contributed by atoms with Crippen LogP contribution in [0.2, 0.25) is 0 Å². The van der Waals surface area contributed by atoms with E-state index in [4.69, 9.17) is 0 Å². The molecule has 1 aliphatic rings. The third-order valence-corrected chi connectivity index (χ3v) is 4.68. The first-order valence-electron chi connectivity index (χ1n) is 8.46. The largest absolute Gasteiger partial charge is 0.370 e. The van der Waals surface area contributed by atoms with E-state index in [2.05, 4.69) is 47.1 Å². The van der Waals surface area contributed by atoms with Crippen LogP contribution in [0, 0.1) is 12.8 Å². The zero-order chi connectivity index (χ0) is 15.2. The fourth-order valence-electron chi connectivity index (χ4n) is 3.20. The molecule has 0 unspecified atom stereocenters. The van der Waals surface area contributed by atoms with Gasteiger partial charge in [0.15, 0.2) is 0 Å². The summed E-state index contributed by atoms with van der Waals surface area (Å²) in [5, 5.41) is 3.37. The van der Waals surface area contributed by atoms with Gasteiger partial charge in [0.2, 0.25) is 0 Å². The highest BCUT2D eigenvalue weighted by molar-refractivity contribution is 5.49. The fraction of sp³-hybridized carbons (Fsp3) is 0.765. The van der Waals surface area contributed by atoms with Crippen LogP contribution >= 0.6 is 0 Å². The maximum absolute atomic E-state index is 4.63. The van der Waals surface area contributed by atoms with Crippen LogP contribution in [0.4, 0.5) is 11.6 Å². The average Bonchev–Trinajstić information content (AvgIpc) is 2.51. The van der Waals surface area contributed by atoms with Gasteiger partial charge in [-0.15, -0.1) is 0 Å². The molecule has 118 valence electrons. The highest BCUT2D eigenvalue weighted by atomic mass is 15.2. The molecule has 2 rings (SSSR count).